The number of aliphatic carboxylic acids is 1. The summed E-state index contributed by atoms with van der Waals surface area (Å²) in [4.78, 5) is 29.3. The second kappa shape index (κ2) is 8.10. The van der Waals surface area contributed by atoms with Gasteiger partial charge in [-0.15, -0.1) is 11.3 Å². The van der Waals surface area contributed by atoms with Gasteiger partial charge in [0.15, 0.2) is 10.8 Å². The summed E-state index contributed by atoms with van der Waals surface area (Å²) >= 11 is 1.43. The van der Waals surface area contributed by atoms with Gasteiger partial charge in [-0.2, -0.15) is 0 Å². The molecule has 2 rings (SSSR count). The van der Waals surface area contributed by atoms with E-state index in [1.807, 2.05) is 38.3 Å². The van der Waals surface area contributed by atoms with Gasteiger partial charge in [-0.1, -0.05) is 13.8 Å². The van der Waals surface area contributed by atoms with Crippen LogP contribution in [0, 0.1) is 12.8 Å². The van der Waals surface area contributed by atoms with Crippen LogP contribution in [0.1, 0.15) is 31.7 Å². The Morgan fingerprint density at radius 3 is 2.71 bits per heavy atom. The van der Waals surface area contributed by atoms with Gasteiger partial charge in [0.05, 0.1) is 18.5 Å². The number of nitrogens with zero attached hydrogens (tertiary/aromatic N) is 2. The van der Waals surface area contributed by atoms with E-state index in [1.165, 1.54) is 11.3 Å². The van der Waals surface area contributed by atoms with Crippen LogP contribution in [0.15, 0.2) is 21.9 Å². The predicted octanol–water partition coefficient (Wildman–Crippen LogP) is 3.21. The second-order valence-electron chi connectivity index (χ2n) is 6.11. The van der Waals surface area contributed by atoms with Gasteiger partial charge >= 0.3 is 5.97 Å². The highest BCUT2D eigenvalue weighted by atomic mass is 32.1. The van der Waals surface area contributed by atoms with Gasteiger partial charge in [0, 0.05) is 18.5 Å². The van der Waals surface area contributed by atoms with Crippen LogP contribution in [0.3, 0.4) is 0 Å². The third-order valence-corrected chi connectivity index (χ3v) is 4.27. The summed E-state index contributed by atoms with van der Waals surface area (Å²) in [5.41, 5.74) is 0.679. The first kappa shape index (κ1) is 18.2. The van der Waals surface area contributed by atoms with Crippen molar-refractivity contribution >= 4 is 23.2 Å². The Labute approximate surface area is 145 Å². The van der Waals surface area contributed by atoms with Crippen LogP contribution in [0.2, 0.25) is 0 Å². The number of carbonyl (C=O) groups excluding carboxylic acids is 1. The number of furan rings is 1. The van der Waals surface area contributed by atoms with E-state index in [0.29, 0.717) is 18.0 Å². The molecule has 0 fully saturated rings. The molecule has 0 saturated heterocycles. The van der Waals surface area contributed by atoms with E-state index in [-0.39, 0.29) is 31.2 Å². The predicted molar refractivity (Wildman–Crippen MR) is 91.9 cm³/mol. The molecule has 1 N–H and O–H groups in total. The van der Waals surface area contributed by atoms with E-state index in [2.05, 4.69) is 4.98 Å². The number of amides is 1. The maximum absolute atomic E-state index is 12.5. The molecule has 7 heteroatoms. The molecule has 1 amide bonds. The van der Waals surface area contributed by atoms with Crippen molar-refractivity contribution in [2.24, 2.45) is 5.92 Å². The Morgan fingerprint density at radius 2 is 2.12 bits per heavy atom. The summed E-state index contributed by atoms with van der Waals surface area (Å²) < 4.78 is 5.54. The molecule has 0 bridgehead atoms. The first-order chi connectivity index (χ1) is 11.3. The number of hydrogen-bond acceptors (Lipinski definition) is 5. The number of aryl methyl sites for hydroxylation is 1. The highest BCUT2D eigenvalue weighted by molar-refractivity contribution is 7.13. The topological polar surface area (TPSA) is 83.6 Å². The molecule has 0 saturated carbocycles. The Hall–Kier alpha value is -2.15. The van der Waals surface area contributed by atoms with Crippen LogP contribution in [0.5, 0.6) is 0 Å². The molecule has 0 radical (unpaired) electrons. The van der Waals surface area contributed by atoms with E-state index in [4.69, 9.17) is 9.52 Å². The third kappa shape index (κ3) is 5.19. The molecule has 6 nitrogen and oxygen atoms in total. The normalized spacial score (nSPS) is 11.0. The fourth-order valence-electron chi connectivity index (χ4n) is 2.31. The number of carbonyl (C=O) groups is 2. The molecular formula is C17H22N2O4S. The maximum Gasteiger partial charge on any atom is 0.305 e. The fraction of sp³-hybridized carbons (Fsp3) is 0.471. The highest BCUT2D eigenvalue weighted by Crippen LogP contribution is 2.25. The van der Waals surface area contributed by atoms with Crippen molar-refractivity contribution in [1.29, 1.82) is 0 Å². The molecule has 130 valence electrons. The van der Waals surface area contributed by atoms with Gasteiger partial charge in [0.2, 0.25) is 5.91 Å². The SMILES string of the molecule is Cc1ccc(-c2nc(CC(=O)N(CCC(=O)O)CC(C)C)cs2)o1. The molecule has 0 aromatic carbocycles. The average molecular weight is 350 g/mol. The lowest BCUT2D eigenvalue weighted by molar-refractivity contribution is -0.138. The summed E-state index contributed by atoms with van der Waals surface area (Å²) in [6.45, 7) is 6.64. The van der Waals surface area contributed by atoms with Gasteiger partial charge in [-0.3, -0.25) is 9.59 Å². The zero-order valence-corrected chi connectivity index (χ0v) is 14.9. The molecule has 24 heavy (non-hydrogen) atoms. The molecule has 0 unspecified atom stereocenters. The largest absolute Gasteiger partial charge is 0.481 e. The van der Waals surface area contributed by atoms with Crippen molar-refractivity contribution in [3.8, 4) is 10.8 Å². The number of hydrogen-bond donors (Lipinski definition) is 1. The van der Waals surface area contributed by atoms with Gasteiger partial charge in [0.1, 0.15) is 5.76 Å². The van der Waals surface area contributed by atoms with E-state index >= 15 is 0 Å². The Balaban J connectivity index is 2.03. The van der Waals surface area contributed by atoms with E-state index in [0.717, 1.165) is 10.8 Å². The molecule has 0 spiro atoms. The van der Waals surface area contributed by atoms with Gasteiger partial charge < -0.3 is 14.4 Å². The number of thiazole rings is 1. The molecule has 2 heterocycles. The Kier molecular flexibility index (Phi) is 6.14. The summed E-state index contributed by atoms with van der Waals surface area (Å²) in [5.74, 6) is 0.786. The first-order valence-corrected chi connectivity index (χ1v) is 8.74. The minimum absolute atomic E-state index is 0.0492. The van der Waals surface area contributed by atoms with Crippen LogP contribution in [0.4, 0.5) is 0 Å². The average Bonchev–Trinajstić information content (AvgIpc) is 3.11. The minimum atomic E-state index is -0.902. The van der Waals surface area contributed by atoms with Crippen LogP contribution >= 0.6 is 11.3 Å². The number of aromatic nitrogens is 1. The van der Waals surface area contributed by atoms with Gasteiger partial charge in [-0.25, -0.2) is 4.98 Å². The van der Waals surface area contributed by atoms with Crippen molar-refractivity contribution < 1.29 is 19.1 Å². The lowest BCUT2D eigenvalue weighted by Gasteiger charge is -2.23. The molecule has 0 aliphatic heterocycles. The Bertz CT molecular complexity index is 705. The molecule has 2 aromatic heterocycles. The molecule has 0 aliphatic carbocycles. The highest BCUT2D eigenvalue weighted by Gasteiger charge is 2.18. The van der Waals surface area contributed by atoms with Crippen LogP contribution in [0.25, 0.3) is 10.8 Å². The molecular weight excluding hydrogens is 328 g/mol. The summed E-state index contributed by atoms with van der Waals surface area (Å²) in [6.07, 6.45) is 0.120. The van der Waals surface area contributed by atoms with Crippen molar-refractivity contribution in [2.75, 3.05) is 13.1 Å². The first-order valence-electron chi connectivity index (χ1n) is 7.86. The Morgan fingerprint density at radius 1 is 1.38 bits per heavy atom. The smallest absolute Gasteiger partial charge is 0.305 e. The lowest BCUT2D eigenvalue weighted by atomic mass is 10.2. The van der Waals surface area contributed by atoms with E-state index in [9.17, 15) is 9.59 Å². The molecule has 0 aliphatic rings. The van der Waals surface area contributed by atoms with Crippen LogP contribution in [-0.2, 0) is 16.0 Å². The van der Waals surface area contributed by atoms with Crippen molar-refractivity contribution in [3.63, 3.8) is 0 Å². The second-order valence-corrected chi connectivity index (χ2v) is 6.97. The van der Waals surface area contributed by atoms with Crippen molar-refractivity contribution in [1.82, 2.24) is 9.88 Å². The standard InChI is InChI=1S/C17H22N2O4S/c1-11(2)9-19(7-6-16(21)22)15(20)8-13-10-24-17(18-13)14-5-4-12(3)23-14/h4-5,10-11H,6-9H2,1-3H3,(H,21,22). The number of carboxylic acid groups (broad SMARTS) is 1. The van der Waals surface area contributed by atoms with Crippen molar-refractivity contribution in [3.05, 3.63) is 29.0 Å². The number of carboxylic acids is 1. The van der Waals surface area contributed by atoms with Crippen molar-refractivity contribution in [2.45, 2.75) is 33.6 Å². The lowest BCUT2D eigenvalue weighted by Crippen LogP contribution is -2.37. The van der Waals surface area contributed by atoms with E-state index in [1.54, 1.807) is 4.90 Å². The van der Waals surface area contributed by atoms with E-state index < -0.39 is 5.97 Å². The molecule has 0 atom stereocenters. The zero-order chi connectivity index (χ0) is 17.7. The van der Waals surface area contributed by atoms with Gasteiger partial charge in [-0.05, 0) is 25.0 Å². The summed E-state index contributed by atoms with van der Waals surface area (Å²) in [7, 11) is 0. The van der Waals surface area contributed by atoms with Gasteiger partial charge in [0.25, 0.3) is 0 Å². The molecule has 2 aromatic rings. The number of rotatable bonds is 8. The monoisotopic (exact) mass is 350 g/mol. The summed E-state index contributed by atoms with van der Waals surface area (Å²) in [6, 6.07) is 3.73. The minimum Gasteiger partial charge on any atom is -0.481 e. The quantitative estimate of drug-likeness (QED) is 0.790. The van der Waals surface area contributed by atoms with Crippen LogP contribution < -0.4 is 0 Å². The maximum atomic E-state index is 12.5. The van der Waals surface area contributed by atoms with Crippen LogP contribution in [-0.4, -0.2) is 40.0 Å². The summed E-state index contributed by atoms with van der Waals surface area (Å²) in [5, 5.41) is 11.4. The fourth-order valence-corrected chi connectivity index (χ4v) is 3.09. The zero-order valence-electron chi connectivity index (χ0n) is 14.1. The third-order valence-electron chi connectivity index (χ3n) is 3.37.